The maximum Gasteiger partial charge on any atom is 0.198 e. The molecule has 0 aliphatic heterocycles. The number of carbonyl (C=O) groups excluding carboxylic acids is 1. The molecule has 0 unspecified atom stereocenters. The van der Waals surface area contributed by atoms with Crippen LogP contribution in [0.2, 0.25) is 5.02 Å². The number of rotatable bonds is 7. The van der Waals surface area contributed by atoms with Gasteiger partial charge in [-0.3, -0.25) is 0 Å². The standard InChI is InChI=1S/C19H20ClN3O3/c1-12(2)11-23(8-7-17(24)25)19-14-6-5-13(20)10-15(14)21-18(22-19)16-4-3-9-26-16/h3-6,9-10,12H,7-8,11H2,1-2H3,(H,24,25)/p-1. The highest BCUT2D eigenvalue weighted by Gasteiger charge is 2.18. The highest BCUT2D eigenvalue weighted by atomic mass is 35.5. The molecule has 0 aliphatic carbocycles. The van der Waals surface area contributed by atoms with Crippen molar-refractivity contribution in [2.45, 2.75) is 20.3 Å². The maximum atomic E-state index is 11.0. The number of aliphatic carboxylic acids is 1. The molecular formula is C19H19ClN3O3-. The summed E-state index contributed by atoms with van der Waals surface area (Å²) >= 11 is 6.13. The molecule has 0 saturated heterocycles. The fraction of sp³-hybridized carbons (Fsp3) is 0.316. The predicted octanol–water partition coefficient (Wildman–Crippen LogP) is 3.15. The molecule has 0 fully saturated rings. The van der Waals surface area contributed by atoms with Gasteiger partial charge in [0.25, 0.3) is 0 Å². The molecule has 7 heteroatoms. The zero-order valence-electron chi connectivity index (χ0n) is 14.6. The first-order valence-corrected chi connectivity index (χ1v) is 8.78. The molecule has 2 aromatic heterocycles. The minimum absolute atomic E-state index is 0.0815. The van der Waals surface area contributed by atoms with Crippen molar-refractivity contribution in [1.29, 1.82) is 0 Å². The van der Waals surface area contributed by atoms with Gasteiger partial charge in [-0.25, -0.2) is 9.97 Å². The molecule has 0 spiro atoms. The third-order valence-electron chi connectivity index (χ3n) is 3.85. The van der Waals surface area contributed by atoms with Gasteiger partial charge in [0, 0.05) is 35.9 Å². The van der Waals surface area contributed by atoms with E-state index in [4.69, 9.17) is 16.0 Å². The number of hydrogen-bond acceptors (Lipinski definition) is 6. The average Bonchev–Trinajstić information content (AvgIpc) is 3.11. The Morgan fingerprint density at radius 2 is 2.12 bits per heavy atom. The Morgan fingerprint density at radius 3 is 2.77 bits per heavy atom. The van der Waals surface area contributed by atoms with Crippen molar-refractivity contribution in [1.82, 2.24) is 9.97 Å². The number of carboxylic acid groups (broad SMARTS) is 1. The smallest absolute Gasteiger partial charge is 0.198 e. The maximum absolute atomic E-state index is 11.0. The van der Waals surface area contributed by atoms with Crippen LogP contribution < -0.4 is 10.0 Å². The number of hydrogen-bond donors (Lipinski definition) is 0. The van der Waals surface area contributed by atoms with Crippen molar-refractivity contribution in [2.24, 2.45) is 5.92 Å². The number of carbonyl (C=O) groups is 1. The summed E-state index contributed by atoms with van der Waals surface area (Å²) in [6, 6.07) is 8.94. The molecule has 0 bridgehead atoms. The first kappa shape index (κ1) is 18.2. The van der Waals surface area contributed by atoms with Crippen LogP contribution in [0.1, 0.15) is 20.3 Å². The van der Waals surface area contributed by atoms with Gasteiger partial charge >= 0.3 is 0 Å². The second-order valence-corrected chi connectivity index (χ2v) is 6.91. The summed E-state index contributed by atoms with van der Waals surface area (Å²) < 4.78 is 5.43. The number of halogens is 1. The van der Waals surface area contributed by atoms with Gasteiger partial charge in [-0.1, -0.05) is 25.4 Å². The molecule has 0 N–H and O–H groups in total. The van der Waals surface area contributed by atoms with Gasteiger partial charge in [0.05, 0.1) is 11.8 Å². The van der Waals surface area contributed by atoms with E-state index in [2.05, 4.69) is 23.8 Å². The minimum atomic E-state index is -1.09. The van der Waals surface area contributed by atoms with E-state index in [-0.39, 0.29) is 6.42 Å². The lowest BCUT2D eigenvalue weighted by Crippen LogP contribution is -2.34. The molecule has 0 amide bonds. The number of carboxylic acids is 1. The minimum Gasteiger partial charge on any atom is -0.550 e. The van der Waals surface area contributed by atoms with Crippen LogP contribution in [0.15, 0.2) is 41.0 Å². The van der Waals surface area contributed by atoms with Crippen molar-refractivity contribution in [2.75, 3.05) is 18.0 Å². The predicted molar refractivity (Wildman–Crippen MR) is 98.9 cm³/mol. The van der Waals surface area contributed by atoms with E-state index in [0.29, 0.717) is 46.9 Å². The van der Waals surface area contributed by atoms with Crippen LogP contribution in [-0.2, 0) is 4.79 Å². The van der Waals surface area contributed by atoms with Crippen molar-refractivity contribution in [3.05, 3.63) is 41.6 Å². The largest absolute Gasteiger partial charge is 0.550 e. The second kappa shape index (κ2) is 7.74. The van der Waals surface area contributed by atoms with Crippen molar-refractivity contribution in [3.63, 3.8) is 0 Å². The summed E-state index contributed by atoms with van der Waals surface area (Å²) in [7, 11) is 0. The van der Waals surface area contributed by atoms with Gasteiger partial charge in [0.2, 0.25) is 0 Å². The molecule has 3 rings (SSSR count). The molecular weight excluding hydrogens is 354 g/mol. The van der Waals surface area contributed by atoms with Gasteiger partial charge < -0.3 is 19.2 Å². The van der Waals surface area contributed by atoms with E-state index < -0.39 is 5.97 Å². The number of anilines is 1. The molecule has 2 heterocycles. The number of nitrogens with zero attached hydrogens (tertiary/aromatic N) is 3. The fourth-order valence-corrected chi connectivity index (χ4v) is 2.96. The Labute approximate surface area is 156 Å². The number of benzene rings is 1. The van der Waals surface area contributed by atoms with E-state index in [9.17, 15) is 9.90 Å². The van der Waals surface area contributed by atoms with Crippen LogP contribution in [0.4, 0.5) is 5.82 Å². The number of aromatic nitrogens is 2. The van der Waals surface area contributed by atoms with Crippen molar-refractivity contribution >= 4 is 34.3 Å². The second-order valence-electron chi connectivity index (χ2n) is 6.47. The zero-order valence-corrected chi connectivity index (χ0v) is 15.4. The van der Waals surface area contributed by atoms with Gasteiger partial charge in [-0.2, -0.15) is 0 Å². The molecule has 26 heavy (non-hydrogen) atoms. The van der Waals surface area contributed by atoms with Crippen LogP contribution in [0.5, 0.6) is 0 Å². The lowest BCUT2D eigenvalue weighted by atomic mass is 10.1. The first-order chi connectivity index (χ1) is 12.4. The fourth-order valence-electron chi connectivity index (χ4n) is 2.79. The average molecular weight is 373 g/mol. The summed E-state index contributed by atoms with van der Waals surface area (Å²) in [5.74, 6) is 0.861. The van der Waals surface area contributed by atoms with E-state index in [1.54, 1.807) is 30.5 Å². The lowest BCUT2D eigenvalue weighted by molar-refractivity contribution is -0.305. The van der Waals surface area contributed by atoms with Gasteiger partial charge in [0.15, 0.2) is 11.6 Å². The zero-order chi connectivity index (χ0) is 18.7. The molecule has 0 atom stereocenters. The Balaban J connectivity index is 2.15. The Hall–Kier alpha value is -2.60. The highest BCUT2D eigenvalue weighted by Crippen LogP contribution is 2.30. The quantitative estimate of drug-likeness (QED) is 0.633. The Kier molecular flexibility index (Phi) is 5.42. The van der Waals surface area contributed by atoms with Crippen LogP contribution in [0.25, 0.3) is 22.5 Å². The van der Waals surface area contributed by atoms with Crippen LogP contribution in [-0.4, -0.2) is 29.0 Å². The van der Waals surface area contributed by atoms with Crippen molar-refractivity contribution < 1.29 is 14.3 Å². The third kappa shape index (κ3) is 4.14. The summed E-state index contributed by atoms with van der Waals surface area (Å²) in [4.78, 5) is 22.1. The number of fused-ring (bicyclic) bond motifs is 1. The van der Waals surface area contributed by atoms with Gasteiger partial charge in [-0.15, -0.1) is 0 Å². The topological polar surface area (TPSA) is 82.3 Å². The lowest BCUT2D eigenvalue weighted by Gasteiger charge is -2.27. The number of furan rings is 1. The molecule has 0 saturated carbocycles. The summed E-state index contributed by atoms with van der Waals surface area (Å²) in [5, 5.41) is 12.4. The Bertz CT molecular complexity index is 910. The van der Waals surface area contributed by atoms with Gasteiger partial charge in [-0.05, 0) is 36.2 Å². The first-order valence-electron chi connectivity index (χ1n) is 8.40. The van der Waals surface area contributed by atoms with E-state index >= 15 is 0 Å². The molecule has 0 aliphatic rings. The van der Waals surface area contributed by atoms with E-state index in [1.807, 2.05) is 11.0 Å². The normalized spacial score (nSPS) is 11.2. The van der Waals surface area contributed by atoms with E-state index in [1.165, 1.54) is 0 Å². The van der Waals surface area contributed by atoms with Crippen LogP contribution >= 0.6 is 11.6 Å². The molecule has 6 nitrogen and oxygen atoms in total. The monoisotopic (exact) mass is 372 g/mol. The van der Waals surface area contributed by atoms with Crippen LogP contribution in [0, 0.1) is 5.92 Å². The third-order valence-corrected chi connectivity index (χ3v) is 4.09. The summed E-state index contributed by atoms with van der Waals surface area (Å²) in [6.07, 6.45) is 1.48. The molecule has 136 valence electrons. The molecule has 3 aromatic rings. The SMILES string of the molecule is CC(C)CN(CCC(=O)[O-])c1nc(-c2ccco2)nc2cc(Cl)ccc12. The Morgan fingerprint density at radius 1 is 1.31 bits per heavy atom. The van der Waals surface area contributed by atoms with E-state index in [0.717, 1.165) is 5.39 Å². The molecule has 0 radical (unpaired) electrons. The summed E-state index contributed by atoms with van der Waals surface area (Å²) in [5.41, 5.74) is 0.677. The highest BCUT2D eigenvalue weighted by molar-refractivity contribution is 6.31. The van der Waals surface area contributed by atoms with Crippen molar-refractivity contribution in [3.8, 4) is 11.6 Å². The van der Waals surface area contributed by atoms with Crippen LogP contribution in [0.3, 0.4) is 0 Å². The summed E-state index contributed by atoms with van der Waals surface area (Å²) in [6.45, 7) is 5.09. The van der Waals surface area contributed by atoms with Gasteiger partial charge in [0.1, 0.15) is 5.82 Å². The molecule has 1 aromatic carbocycles.